The van der Waals surface area contributed by atoms with Crippen LogP contribution in [0.2, 0.25) is 0 Å². The summed E-state index contributed by atoms with van der Waals surface area (Å²) in [6.45, 7) is 0.472. The minimum atomic E-state index is -0.0488. The molecule has 3 atom stereocenters. The maximum Gasteiger partial charge on any atom is 0.237 e. The maximum absolute atomic E-state index is 12.4. The Morgan fingerprint density at radius 3 is 2.83 bits per heavy atom. The first-order valence-corrected chi connectivity index (χ1v) is 8.46. The lowest BCUT2D eigenvalue weighted by atomic mass is 9.85. The predicted octanol–water partition coefficient (Wildman–Crippen LogP) is 2.24. The van der Waals surface area contributed by atoms with Gasteiger partial charge in [-0.3, -0.25) is 4.79 Å². The zero-order valence-electron chi connectivity index (χ0n) is 13.9. The fourth-order valence-corrected chi connectivity index (χ4v) is 3.82. The van der Waals surface area contributed by atoms with E-state index in [0.29, 0.717) is 18.5 Å². The van der Waals surface area contributed by atoms with Crippen LogP contribution in [0.1, 0.15) is 37.7 Å². The smallest absolute Gasteiger partial charge is 0.237 e. The third-order valence-corrected chi connectivity index (χ3v) is 5.13. The Bertz CT molecular complexity index is 547. The third-order valence-electron chi connectivity index (χ3n) is 5.13. The number of fused-ring (bicyclic) bond motifs is 1. The van der Waals surface area contributed by atoms with E-state index in [4.69, 9.17) is 9.47 Å². The second-order valence-electron chi connectivity index (χ2n) is 6.50. The van der Waals surface area contributed by atoms with E-state index in [1.54, 1.807) is 14.2 Å². The summed E-state index contributed by atoms with van der Waals surface area (Å²) in [6, 6.07) is 6.14. The molecule has 1 amide bonds. The average molecular weight is 318 g/mol. The molecule has 2 fully saturated rings. The van der Waals surface area contributed by atoms with Crippen molar-refractivity contribution in [3.63, 3.8) is 0 Å². The number of hydrogen-bond acceptors (Lipinski definition) is 4. The number of ether oxygens (including phenoxy) is 2. The second kappa shape index (κ2) is 7.21. The van der Waals surface area contributed by atoms with E-state index in [1.807, 2.05) is 18.2 Å². The fraction of sp³-hybridized carbons (Fsp3) is 0.611. The molecule has 5 nitrogen and oxygen atoms in total. The van der Waals surface area contributed by atoms with Crippen LogP contribution in [0.5, 0.6) is 11.5 Å². The first-order valence-electron chi connectivity index (χ1n) is 8.46. The lowest BCUT2D eigenvalue weighted by molar-refractivity contribution is -0.123. The van der Waals surface area contributed by atoms with E-state index >= 15 is 0 Å². The van der Waals surface area contributed by atoms with Crippen LogP contribution < -0.4 is 20.1 Å². The van der Waals surface area contributed by atoms with Crippen LogP contribution in [-0.4, -0.2) is 32.2 Å². The summed E-state index contributed by atoms with van der Waals surface area (Å²) >= 11 is 0. The monoisotopic (exact) mass is 318 g/mol. The number of amides is 1. The highest BCUT2D eigenvalue weighted by Gasteiger charge is 2.38. The van der Waals surface area contributed by atoms with Crippen LogP contribution in [0.25, 0.3) is 0 Å². The van der Waals surface area contributed by atoms with E-state index in [0.717, 1.165) is 23.5 Å². The zero-order valence-corrected chi connectivity index (χ0v) is 13.9. The van der Waals surface area contributed by atoms with E-state index < -0.39 is 0 Å². The van der Waals surface area contributed by atoms with Gasteiger partial charge in [0.2, 0.25) is 5.91 Å². The van der Waals surface area contributed by atoms with Crippen LogP contribution in [0.15, 0.2) is 18.2 Å². The van der Waals surface area contributed by atoms with Gasteiger partial charge in [-0.2, -0.15) is 0 Å². The number of benzene rings is 1. The van der Waals surface area contributed by atoms with Crippen LogP contribution >= 0.6 is 0 Å². The Balaban J connectivity index is 1.57. The molecular weight excluding hydrogens is 292 g/mol. The molecule has 2 N–H and O–H groups in total. The summed E-state index contributed by atoms with van der Waals surface area (Å²) in [5.41, 5.74) is 0.956. The number of carbonyl (C=O) groups is 1. The summed E-state index contributed by atoms with van der Waals surface area (Å²) in [7, 11) is 3.25. The molecule has 3 rings (SSSR count). The van der Waals surface area contributed by atoms with Crippen LogP contribution in [0.3, 0.4) is 0 Å². The van der Waals surface area contributed by atoms with Crippen molar-refractivity contribution in [1.82, 2.24) is 10.6 Å². The molecule has 2 aliphatic rings. The van der Waals surface area contributed by atoms with Gasteiger partial charge in [0.05, 0.1) is 20.3 Å². The molecular formula is C18H26N2O3. The Morgan fingerprint density at radius 2 is 2.09 bits per heavy atom. The van der Waals surface area contributed by atoms with E-state index in [1.165, 1.54) is 25.7 Å². The lowest BCUT2D eigenvalue weighted by Crippen LogP contribution is -2.42. The number of nitrogens with one attached hydrogen (secondary N) is 2. The van der Waals surface area contributed by atoms with Gasteiger partial charge in [-0.25, -0.2) is 0 Å². The van der Waals surface area contributed by atoms with Gasteiger partial charge in [0, 0.05) is 24.2 Å². The highest BCUT2D eigenvalue weighted by molar-refractivity contribution is 5.82. The first kappa shape index (κ1) is 16.1. The van der Waals surface area contributed by atoms with E-state index in [2.05, 4.69) is 10.6 Å². The van der Waals surface area contributed by atoms with Crippen molar-refractivity contribution in [2.75, 3.05) is 14.2 Å². The van der Waals surface area contributed by atoms with Gasteiger partial charge in [-0.15, -0.1) is 0 Å². The predicted molar refractivity (Wildman–Crippen MR) is 88.7 cm³/mol. The molecule has 0 bridgehead atoms. The molecule has 0 spiro atoms. The maximum atomic E-state index is 12.4. The summed E-state index contributed by atoms with van der Waals surface area (Å²) in [5.74, 6) is 2.25. The number of rotatable bonds is 5. The molecule has 1 aromatic rings. The Hall–Kier alpha value is -1.75. The summed E-state index contributed by atoms with van der Waals surface area (Å²) in [5, 5.41) is 6.55. The third kappa shape index (κ3) is 3.61. The molecule has 1 heterocycles. The van der Waals surface area contributed by atoms with Crippen molar-refractivity contribution < 1.29 is 14.3 Å². The highest BCUT2D eigenvalue weighted by atomic mass is 16.5. The van der Waals surface area contributed by atoms with Crippen molar-refractivity contribution in [3.05, 3.63) is 23.8 Å². The standard InChI is InChI=1S/C18H26N2O3/c1-22-14-8-7-13(17(10-14)23-2)11-19-18(21)16-9-12-5-3-4-6-15(12)20-16/h7-8,10,12,15-16,20H,3-6,9,11H2,1-2H3,(H,19,21). The molecule has 1 saturated heterocycles. The van der Waals surface area contributed by atoms with Crippen molar-refractivity contribution in [2.45, 2.75) is 50.7 Å². The van der Waals surface area contributed by atoms with Crippen LogP contribution in [0, 0.1) is 5.92 Å². The fourth-order valence-electron chi connectivity index (χ4n) is 3.82. The van der Waals surface area contributed by atoms with Crippen molar-refractivity contribution in [2.24, 2.45) is 5.92 Å². The number of hydrogen-bond donors (Lipinski definition) is 2. The Morgan fingerprint density at radius 1 is 1.26 bits per heavy atom. The normalized spacial score (nSPS) is 26.4. The molecule has 23 heavy (non-hydrogen) atoms. The Labute approximate surface area is 137 Å². The minimum absolute atomic E-state index is 0.0488. The molecule has 1 aliphatic heterocycles. The molecule has 1 saturated carbocycles. The topological polar surface area (TPSA) is 59.6 Å². The molecule has 1 aliphatic carbocycles. The van der Waals surface area contributed by atoms with Gasteiger partial charge in [0.15, 0.2) is 0 Å². The quantitative estimate of drug-likeness (QED) is 0.874. The van der Waals surface area contributed by atoms with Crippen LogP contribution in [0.4, 0.5) is 0 Å². The molecule has 5 heteroatoms. The molecule has 1 aromatic carbocycles. The van der Waals surface area contributed by atoms with Gasteiger partial charge in [-0.1, -0.05) is 12.8 Å². The summed E-state index contributed by atoms with van der Waals surface area (Å²) < 4.78 is 10.6. The molecule has 0 aromatic heterocycles. The number of carbonyl (C=O) groups excluding carboxylic acids is 1. The minimum Gasteiger partial charge on any atom is -0.497 e. The Kier molecular flexibility index (Phi) is 5.06. The average Bonchev–Trinajstić information content (AvgIpc) is 3.03. The second-order valence-corrected chi connectivity index (χ2v) is 6.50. The zero-order chi connectivity index (χ0) is 16.2. The van der Waals surface area contributed by atoms with Crippen molar-refractivity contribution in [3.8, 4) is 11.5 Å². The summed E-state index contributed by atoms with van der Waals surface area (Å²) in [6.07, 6.45) is 6.02. The van der Waals surface area contributed by atoms with E-state index in [-0.39, 0.29) is 11.9 Å². The molecule has 0 radical (unpaired) electrons. The molecule has 3 unspecified atom stereocenters. The van der Waals surface area contributed by atoms with Gasteiger partial charge in [0.25, 0.3) is 0 Å². The lowest BCUT2D eigenvalue weighted by Gasteiger charge is -2.24. The summed E-state index contributed by atoms with van der Waals surface area (Å²) in [4.78, 5) is 12.4. The van der Waals surface area contributed by atoms with Gasteiger partial charge >= 0.3 is 0 Å². The highest BCUT2D eigenvalue weighted by Crippen LogP contribution is 2.33. The van der Waals surface area contributed by atoms with Gasteiger partial charge in [-0.05, 0) is 37.3 Å². The van der Waals surface area contributed by atoms with Crippen molar-refractivity contribution >= 4 is 5.91 Å². The van der Waals surface area contributed by atoms with Crippen LogP contribution in [-0.2, 0) is 11.3 Å². The largest absolute Gasteiger partial charge is 0.497 e. The van der Waals surface area contributed by atoms with Crippen molar-refractivity contribution in [1.29, 1.82) is 0 Å². The molecule has 126 valence electrons. The number of methoxy groups -OCH3 is 2. The van der Waals surface area contributed by atoms with Gasteiger partial charge in [0.1, 0.15) is 11.5 Å². The SMILES string of the molecule is COc1ccc(CNC(=O)C2CC3CCCCC3N2)c(OC)c1. The first-order chi connectivity index (χ1) is 11.2. The van der Waals surface area contributed by atoms with Gasteiger partial charge < -0.3 is 20.1 Å². The van der Waals surface area contributed by atoms with E-state index in [9.17, 15) is 4.79 Å².